The van der Waals surface area contributed by atoms with Crippen LogP contribution in [0.5, 0.6) is 11.5 Å². The zero-order valence-corrected chi connectivity index (χ0v) is 16.0. The molecule has 0 spiro atoms. The Kier molecular flexibility index (Phi) is 5.93. The predicted molar refractivity (Wildman–Crippen MR) is 99.9 cm³/mol. The lowest BCUT2D eigenvalue weighted by Gasteiger charge is -2.36. The smallest absolute Gasteiger partial charge is 0.161 e. The molecular formula is C19H22BrFN2O2. The summed E-state index contributed by atoms with van der Waals surface area (Å²) >= 11 is 3.66. The number of hydrogen-bond acceptors (Lipinski definition) is 4. The van der Waals surface area contributed by atoms with Crippen molar-refractivity contribution in [2.24, 2.45) is 0 Å². The number of ether oxygens (including phenoxy) is 2. The molecule has 1 atom stereocenters. The van der Waals surface area contributed by atoms with Crippen LogP contribution in [0.4, 0.5) is 4.39 Å². The lowest BCUT2D eigenvalue weighted by molar-refractivity contribution is 0.197. The lowest BCUT2D eigenvalue weighted by atomic mass is 9.96. The zero-order valence-electron chi connectivity index (χ0n) is 14.4. The molecule has 1 N–H and O–H groups in total. The van der Waals surface area contributed by atoms with Crippen LogP contribution in [0.15, 0.2) is 40.9 Å². The molecule has 1 unspecified atom stereocenters. The number of rotatable bonds is 5. The highest BCUT2D eigenvalue weighted by Crippen LogP contribution is 2.40. The standard InChI is InChI=1S/C19H22BrFN2O2/c1-24-17-11-15(16(20)12-18(17)25-2)19(23-8-6-22-7-9-23)13-4-3-5-14(21)10-13/h3-5,10-12,19,22H,6-9H2,1-2H3. The molecule has 0 bridgehead atoms. The maximum Gasteiger partial charge on any atom is 0.161 e. The highest BCUT2D eigenvalue weighted by atomic mass is 79.9. The molecule has 0 aromatic heterocycles. The van der Waals surface area contributed by atoms with Crippen molar-refractivity contribution in [3.05, 3.63) is 57.8 Å². The average Bonchev–Trinajstić information content (AvgIpc) is 2.64. The Hall–Kier alpha value is -1.63. The van der Waals surface area contributed by atoms with Gasteiger partial charge in [-0.1, -0.05) is 28.1 Å². The summed E-state index contributed by atoms with van der Waals surface area (Å²) in [5.74, 6) is 1.10. The molecule has 1 aliphatic rings. The third-order valence-electron chi connectivity index (χ3n) is 4.48. The highest BCUT2D eigenvalue weighted by molar-refractivity contribution is 9.10. The maximum atomic E-state index is 13.9. The summed E-state index contributed by atoms with van der Waals surface area (Å²) in [4.78, 5) is 2.36. The molecular weight excluding hydrogens is 387 g/mol. The molecule has 0 aliphatic carbocycles. The zero-order chi connectivity index (χ0) is 17.8. The molecule has 2 aromatic carbocycles. The summed E-state index contributed by atoms with van der Waals surface area (Å²) < 4.78 is 25.7. The Balaban J connectivity index is 2.11. The third-order valence-corrected chi connectivity index (χ3v) is 5.17. The van der Waals surface area contributed by atoms with Gasteiger partial charge in [-0.15, -0.1) is 0 Å². The number of hydrogen-bond donors (Lipinski definition) is 1. The molecule has 0 radical (unpaired) electrons. The molecule has 134 valence electrons. The van der Waals surface area contributed by atoms with Crippen LogP contribution in [0, 0.1) is 5.82 Å². The van der Waals surface area contributed by atoms with Crippen molar-refractivity contribution in [3.63, 3.8) is 0 Å². The molecule has 3 rings (SSSR count). The van der Waals surface area contributed by atoms with E-state index in [0.717, 1.165) is 41.8 Å². The number of piperazine rings is 1. The van der Waals surface area contributed by atoms with Crippen LogP contribution in [0.1, 0.15) is 17.2 Å². The summed E-state index contributed by atoms with van der Waals surface area (Å²) in [5, 5.41) is 3.37. The lowest BCUT2D eigenvalue weighted by Crippen LogP contribution is -2.45. The Labute approximate surface area is 156 Å². The molecule has 1 aliphatic heterocycles. The average molecular weight is 409 g/mol. The van der Waals surface area contributed by atoms with Crippen LogP contribution in [0.2, 0.25) is 0 Å². The molecule has 1 heterocycles. The number of nitrogens with one attached hydrogen (secondary N) is 1. The fourth-order valence-corrected chi connectivity index (χ4v) is 3.82. The topological polar surface area (TPSA) is 33.7 Å². The van der Waals surface area contributed by atoms with Gasteiger partial charge in [0, 0.05) is 30.7 Å². The second-order valence-electron chi connectivity index (χ2n) is 5.97. The van der Waals surface area contributed by atoms with Crippen molar-refractivity contribution in [3.8, 4) is 11.5 Å². The van der Waals surface area contributed by atoms with Crippen LogP contribution in [0.25, 0.3) is 0 Å². The van der Waals surface area contributed by atoms with Crippen LogP contribution >= 0.6 is 15.9 Å². The molecule has 4 nitrogen and oxygen atoms in total. The van der Waals surface area contributed by atoms with E-state index in [9.17, 15) is 4.39 Å². The summed E-state index contributed by atoms with van der Waals surface area (Å²) in [6, 6.07) is 10.6. The molecule has 0 amide bonds. The van der Waals surface area contributed by atoms with Gasteiger partial charge in [-0.25, -0.2) is 4.39 Å². The number of methoxy groups -OCH3 is 2. The van der Waals surface area contributed by atoms with Gasteiger partial charge in [0.25, 0.3) is 0 Å². The molecule has 1 saturated heterocycles. The number of nitrogens with zero attached hydrogens (tertiary/aromatic N) is 1. The maximum absolute atomic E-state index is 13.9. The van der Waals surface area contributed by atoms with Crippen molar-refractivity contribution in [2.45, 2.75) is 6.04 Å². The number of halogens is 2. The van der Waals surface area contributed by atoms with Gasteiger partial charge in [0.1, 0.15) is 5.82 Å². The van der Waals surface area contributed by atoms with E-state index in [1.54, 1.807) is 26.4 Å². The van der Waals surface area contributed by atoms with Gasteiger partial charge in [-0.3, -0.25) is 4.90 Å². The molecule has 6 heteroatoms. The number of benzene rings is 2. The van der Waals surface area contributed by atoms with E-state index in [1.165, 1.54) is 6.07 Å². The summed E-state index contributed by atoms with van der Waals surface area (Å²) in [7, 11) is 3.24. The van der Waals surface area contributed by atoms with E-state index in [1.807, 2.05) is 18.2 Å². The molecule has 25 heavy (non-hydrogen) atoms. The fourth-order valence-electron chi connectivity index (χ4n) is 3.28. The largest absolute Gasteiger partial charge is 0.493 e. The minimum Gasteiger partial charge on any atom is -0.493 e. The van der Waals surface area contributed by atoms with Gasteiger partial charge in [0.05, 0.1) is 20.3 Å². The van der Waals surface area contributed by atoms with E-state index in [-0.39, 0.29) is 11.9 Å². The molecule has 1 fully saturated rings. The highest BCUT2D eigenvalue weighted by Gasteiger charge is 2.27. The van der Waals surface area contributed by atoms with Gasteiger partial charge in [-0.05, 0) is 35.4 Å². The minimum absolute atomic E-state index is 0.0630. The normalized spacial score (nSPS) is 16.5. The quantitative estimate of drug-likeness (QED) is 0.819. The van der Waals surface area contributed by atoms with Gasteiger partial charge < -0.3 is 14.8 Å². The first kappa shape index (κ1) is 18.2. The monoisotopic (exact) mass is 408 g/mol. The Morgan fingerprint density at radius 3 is 2.40 bits per heavy atom. The van der Waals surface area contributed by atoms with Gasteiger partial charge in [0.15, 0.2) is 11.5 Å². The predicted octanol–water partition coefficient (Wildman–Crippen LogP) is 3.60. The third kappa shape index (κ3) is 3.97. The Bertz CT molecular complexity index is 735. The summed E-state index contributed by atoms with van der Waals surface area (Å²) in [6.07, 6.45) is 0. The fraction of sp³-hybridized carbons (Fsp3) is 0.368. The van der Waals surface area contributed by atoms with Crippen LogP contribution in [-0.2, 0) is 0 Å². The van der Waals surface area contributed by atoms with Gasteiger partial charge >= 0.3 is 0 Å². The molecule has 0 saturated carbocycles. The molecule has 2 aromatic rings. The van der Waals surface area contributed by atoms with Crippen LogP contribution in [0.3, 0.4) is 0 Å². The van der Waals surface area contributed by atoms with Gasteiger partial charge in [0.2, 0.25) is 0 Å². The first-order valence-electron chi connectivity index (χ1n) is 8.25. The Morgan fingerprint density at radius 2 is 1.76 bits per heavy atom. The first-order chi connectivity index (χ1) is 12.1. The Morgan fingerprint density at radius 1 is 1.08 bits per heavy atom. The summed E-state index contributed by atoms with van der Waals surface area (Å²) in [5.41, 5.74) is 1.96. The van der Waals surface area contributed by atoms with E-state index >= 15 is 0 Å². The van der Waals surface area contributed by atoms with E-state index in [2.05, 4.69) is 26.1 Å². The van der Waals surface area contributed by atoms with Crippen molar-refractivity contribution >= 4 is 15.9 Å². The minimum atomic E-state index is -0.228. The summed E-state index contributed by atoms with van der Waals surface area (Å²) in [6.45, 7) is 3.61. The van der Waals surface area contributed by atoms with E-state index in [4.69, 9.17) is 9.47 Å². The van der Waals surface area contributed by atoms with E-state index in [0.29, 0.717) is 11.5 Å². The SMILES string of the molecule is COc1cc(Br)c(C(c2cccc(F)c2)N2CCNCC2)cc1OC. The van der Waals surface area contributed by atoms with Crippen molar-refractivity contribution in [2.75, 3.05) is 40.4 Å². The van der Waals surface area contributed by atoms with Crippen LogP contribution in [-0.4, -0.2) is 45.3 Å². The van der Waals surface area contributed by atoms with E-state index < -0.39 is 0 Å². The van der Waals surface area contributed by atoms with Crippen molar-refractivity contribution < 1.29 is 13.9 Å². The second-order valence-corrected chi connectivity index (χ2v) is 6.83. The first-order valence-corrected chi connectivity index (χ1v) is 9.05. The van der Waals surface area contributed by atoms with Gasteiger partial charge in [-0.2, -0.15) is 0 Å². The van der Waals surface area contributed by atoms with Crippen molar-refractivity contribution in [1.82, 2.24) is 10.2 Å². The van der Waals surface area contributed by atoms with Crippen molar-refractivity contribution in [1.29, 1.82) is 0 Å². The second kappa shape index (κ2) is 8.17. The van der Waals surface area contributed by atoms with Crippen LogP contribution < -0.4 is 14.8 Å².